The third-order valence-electron chi connectivity index (χ3n) is 3.22. The van der Waals surface area contributed by atoms with Crippen LogP contribution < -0.4 is 5.32 Å². The van der Waals surface area contributed by atoms with Gasteiger partial charge in [-0.1, -0.05) is 30.1 Å². The molecule has 0 aliphatic carbocycles. The van der Waals surface area contributed by atoms with Crippen molar-refractivity contribution in [3.63, 3.8) is 0 Å². The molecule has 1 aliphatic rings. The number of anilines is 1. The lowest BCUT2D eigenvalue weighted by Gasteiger charge is -2.38. The number of carbonyl (C=O) groups excluding carboxylic acids is 1. The SMILES string of the molecule is CCS(=O)(=O)C1CN(C(=O)Nc2ccc(Cl)c(Cl)c2)C1. The number of likely N-dealkylation sites (tertiary alicyclic amines) is 1. The van der Waals surface area contributed by atoms with E-state index in [1.54, 1.807) is 25.1 Å². The van der Waals surface area contributed by atoms with Crippen LogP contribution in [-0.2, 0) is 9.84 Å². The molecule has 0 saturated carbocycles. The molecule has 8 heteroatoms. The zero-order valence-electron chi connectivity index (χ0n) is 10.8. The third kappa shape index (κ3) is 3.19. The van der Waals surface area contributed by atoms with E-state index in [4.69, 9.17) is 23.2 Å². The Kier molecular flexibility index (Phi) is 4.46. The van der Waals surface area contributed by atoms with Crippen molar-refractivity contribution in [2.45, 2.75) is 12.2 Å². The molecule has 2 rings (SSSR count). The Morgan fingerprint density at radius 2 is 2.00 bits per heavy atom. The fraction of sp³-hybridized carbons (Fsp3) is 0.417. The Labute approximate surface area is 127 Å². The Balaban J connectivity index is 1.93. The van der Waals surface area contributed by atoms with Gasteiger partial charge in [0.2, 0.25) is 0 Å². The van der Waals surface area contributed by atoms with E-state index in [1.165, 1.54) is 4.90 Å². The fourth-order valence-electron chi connectivity index (χ4n) is 1.84. The van der Waals surface area contributed by atoms with Crippen molar-refractivity contribution >= 4 is 44.8 Å². The number of amides is 2. The summed E-state index contributed by atoms with van der Waals surface area (Å²) in [6.07, 6.45) is 0. The number of hydrogen-bond acceptors (Lipinski definition) is 3. The summed E-state index contributed by atoms with van der Waals surface area (Å²) in [5.41, 5.74) is 0.520. The summed E-state index contributed by atoms with van der Waals surface area (Å²) in [5.74, 6) is 0.0971. The number of nitrogens with one attached hydrogen (secondary N) is 1. The molecule has 20 heavy (non-hydrogen) atoms. The molecular weight excluding hydrogens is 323 g/mol. The number of halogens is 2. The molecule has 1 aromatic rings. The summed E-state index contributed by atoms with van der Waals surface area (Å²) in [6.45, 7) is 2.06. The number of benzene rings is 1. The molecule has 0 atom stereocenters. The minimum absolute atomic E-state index is 0.0971. The van der Waals surface area contributed by atoms with Crippen molar-refractivity contribution in [1.82, 2.24) is 4.90 Å². The topological polar surface area (TPSA) is 66.5 Å². The molecule has 1 saturated heterocycles. The number of nitrogens with zero attached hydrogens (tertiary/aromatic N) is 1. The Hall–Kier alpha value is -0.980. The lowest BCUT2D eigenvalue weighted by Crippen LogP contribution is -2.58. The fourth-order valence-corrected chi connectivity index (χ4v) is 3.43. The van der Waals surface area contributed by atoms with Crippen LogP contribution in [0.4, 0.5) is 10.5 Å². The van der Waals surface area contributed by atoms with Gasteiger partial charge in [0, 0.05) is 24.5 Å². The minimum Gasteiger partial charge on any atom is -0.322 e. The number of rotatable bonds is 3. The molecule has 0 unspecified atom stereocenters. The van der Waals surface area contributed by atoms with Crippen molar-refractivity contribution in [2.24, 2.45) is 0 Å². The Bertz CT molecular complexity index is 628. The van der Waals surface area contributed by atoms with Crippen LogP contribution in [0.1, 0.15) is 6.92 Å². The largest absolute Gasteiger partial charge is 0.322 e. The number of carbonyl (C=O) groups is 1. The zero-order chi connectivity index (χ0) is 14.9. The van der Waals surface area contributed by atoms with Crippen LogP contribution in [0.5, 0.6) is 0 Å². The standard InChI is InChI=1S/C12H14Cl2N2O3S/c1-2-20(18,19)9-6-16(7-9)12(17)15-8-3-4-10(13)11(14)5-8/h3-5,9H,2,6-7H2,1H3,(H,15,17). The quantitative estimate of drug-likeness (QED) is 0.922. The highest BCUT2D eigenvalue weighted by Gasteiger charge is 2.38. The van der Waals surface area contributed by atoms with Crippen molar-refractivity contribution in [3.05, 3.63) is 28.2 Å². The Morgan fingerprint density at radius 1 is 1.35 bits per heavy atom. The summed E-state index contributed by atoms with van der Waals surface area (Å²) >= 11 is 11.6. The van der Waals surface area contributed by atoms with Gasteiger partial charge < -0.3 is 10.2 Å². The summed E-state index contributed by atoms with van der Waals surface area (Å²) in [5, 5.41) is 2.95. The van der Waals surface area contributed by atoms with Crippen molar-refractivity contribution in [3.8, 4) is 0 Å². The smallest absolute Gasteiger partial charge is 0.321 e. The molecule has 0 spiro atoms. The molecule has 1 N–H and O–H groups in total. The van der Waals surface area contributed by atoms with Gasteiger partial charge in [-0.25, -0.2) is 13.2 Å². The van der Waals surface area contributed by atoms with Gasteiger partial charge in [0.05, 0.1) is 15.3 Å². The van der Waals surface area contributed by atoms with E-state index < -0.39 is 15.1 Å². The van der Waals surface area contributed by atoms with Gasteiger partial charge in [-0.3, -0.25) is 0 Å². The van der Waals surface area contributed by atoms with Crippen molar-refractivity contribution in [2.75, 3.05) is 24.2 Å². The molecule has 0 aromatic heterocycles. The maximum atomic E-state index is 11.9. The highest BCUT2D eigenvalue weighted by molar-refractivity contribution is 7.92. The first-order chi connectivity index (χ1) is 9.33. The van der Waals surface area contributed by atoms with E-state index in [9.17, 15) is 13.2 Å². The van der Waals surface area contributed by atoms with E-state index in [1.807, 2.05) is 0 Å². The predicted molar refractivity (Wildman–Crippen MR) is 80.3 cm³/mol. The lowest BCUT2D eigenvalue weighted by atomic mass is 10.2. The molecule has 1 aliphatic heterocycles. The summed E-state index contributed by atoms with van der Waals surface area (Å²) < 4.78 is 23.2. The number of sulfone groups is 1. The molecule has 0 radical (unpaired) electrons. The van der Waals surface area contributed by atoms with Crippen LogP contribution in [0.2, 0.25) is 10.0 Å². The van der Waals surface area contributed by atoms with Gasteiger partial charge in [0.25, 0.3) is 0 Å². The molecule has 110 valence electrons. The second-order valence-corrected chi connectivity index (χ2v) is 7.92. The normalized spacial score (nSPS) is 15.8. The first-order valence-corrected chi connectivity index (χ1v) is 8.53. The van der Waals surface area contributed by atoms with E-state index in [0.29, 0.717) is 15.7 Å². The molecule has 5 nitrogen and oxygen atoms in total. The first-order valence-electron chi connectivity index (χ1n) is 6.06. The third-order valence-corrected chi connectivity index (χ3v) is 6.07. The molecule has 2 amide bonds. The zero-order valence-corrected chi connectivity index (χ0v) is 13.1. The van der Waals surface area contributed by atoms with Crippen LogP contribution in [0.15, 0.2) is 18.2 Å². The van der Waals surface area contributed by atoms with Crippen molar-refractivity contribution < 1.29 is 13.2 Å². The molecule has 1 fully saturated rings. The maximum absolute atomic E-state index is 11.9. The van der Waals surface area contributed by atoms with Gasteiger partial charge >= 0.3 is 6.03 Å². The van der Waals surface area contributed by atoms with Crippen LogP contribution >= 0.6 is 23.2 Å². The highest BCUT2D eigenvalue weighted by atomic mass is 35.5. The number of urea groups is 1. The molecule has 1 aromatic carbocycles. The van der Waals surface area contributed by atoms with Gasteiger partial charge in [0.15, 0.2) is 9.84 Å². The summed E-state index contributed by atoms with van der Waals surface area (Å²) in [6, 6.07) is 4.42. The van der Waals surface area contributed by atoms with Gasteiger partial charge in [-0.15, -0.1) is 0 Å². The van der Waals surface area contributed by atoms with Crippen LogP contribution in [0.25, 0.3) is 0 Å². The van der Waals surface area contributed by atoms with E-state index in [2.05, 4.69) is 5.32 Å². The van der Waals surface area contributed by atoms with E-state index in [0.717, 1.165) is 0 Å². The second kappa shape index (κ2) is 5.79. The minimum atomic E-state index is -3.07. The Morgan fingerprint density at radius 3 is 2.55 bits per heavy atom. The van der Waals surface area contributed by atoms with E-state index >= 15 is 0 Å². The lowest BCUT2D eigenvalue weighted by molar-refractivity contribution is 0.182. The van der Waals surface area contributed by atoms with Gasteiger partial charge in [0.1, 0.15) is 0 Å². The molecule has 1 heterocycles. The first kappa shape index (κ1) is 15.4. The van der Waals surface area contributed by atoms with Crippen LogP contribution in [0, 0.1) is 0 Å². The van der Waals surface area contributed by atoms with Gasteiger partial charge in [-0.05, 0) is 18.2 Å². The monoisotopic (exact) mass is 336 g/mol. The summed E-state index contributed by atoms with van der Waals surface area (Å²) in [4.78, 5) is 13.3. The van der Waals surface area contributed by atoms with Crippen LogP contribution in [-0.4, -0.2) is 43.4 Å². The maximum Gasteiger partial charge on any atom is 0.321 e. The predicted octanol–water partition coefficient (Wildman–Crippen LogP) is 2.64. The van der Waals surface area contributed by atoms with Gasteiger partial charge in [-0.2, -0.15) is 0 Å². The average Bonchev–Trinajstić information content (AvgIpc) is 2.31. The van der Waals surface area contributed by atoms with E-state index in [-0.39, 0.29) is 24.9 Å². The highest BCUT2D eigenvalue weighted by Crippen LogP contribution is 2.26. The molecule has 0 bridgehead atoms. The average molecular weight is 337 g/mol. The molecular formula is C12H14Cl2N2O3S. The second-order valence-electron chi connectivity index (χ2n) is 4.54. The summed E-state index contributed by atoms with van der Waals surface area (Å²) in [7, 11) is -3.07. The van der Waals surface area contributed by atoms with Crippen LogP contribution in [0.3, 0.4) is 0 Å². The van der Waals surface area contributed by atoms with Crippen molar-refractivity contribution in [1.29, 1.82) is 0 Å². The number of hydrogen-bond donors (Lipinski definition) is 1.